The molecule has 0 aliphatic carbocycles. The van der Waals surface area contributed by atoms with Gasteiger partial charge in [-0.2, -0.15) is 0 Å². The Morgan fingerprint density at radius 3 is 2.47 bits per heavy atom. The molecule has 36 heavy (non-hydrogen) atoms. The van der Waals surface area contributed by atoms with Gasteiger partial charge in [-0.3, -0.25) is 9.36 Å². The van der Waals surface area contributed by atoms with Crippen molar-refractivity contribution in [1.29, 1.82) is 0 Å². The smallest absolute Gasteiger partial charge is 0.278 e. The molecule has 5 aromatic rings. The van der Waals surface area contributed by atoms with Crippen LogP contribution in [-0.2, 0) is 18.7 Å². The van der Waals surface area contributed by atoms with Crippen molar-refractivity contribution in [2.75, 3.05) is 7.11 Å². The molecule has 182 valence electrons. The third kappa shape index (κ3) is 5.13. The van der Waals surface area contributed by atoms with Crippen LogP contribution in [0.1, 0.15) is 11.1 Å². The number of ether oxygens (including phenoxy) is 1. The number of benzene rings is 3. The topological polar surface area (TPSA) is 49.0 Å². The van der Waals surface area contributed by atoms with Gasteiger partial charge in [-0.25, -0.2) is 4.98 Å². The van der Waals surface area contributed by atoms with E-state index in [2.05, 4.69) is 12.1 Å². The maximum atomic E-state index is 13.9. The first-order chi connectivity index (χ1) is 17.5. The highest BCUT2D eigenvalue weighted by atomic mass is 35.5. The van der Waals surface area contributed by atoms with Crippen molar-refractivity contribution < 1.29 is 4.74 Å². The molecular formula is C27H22ClN3O2S3. The summed E-state index contributed by atoms with van der Waals surface area (Å²) in [5.41, 5.74) is 3.40. The van der Waals surface area contributed by atoms with Crippen molar-refractivity contribution in [3.8, 4) is 11.4 Å². The minimum atomic E-state index is -0.155. The van der Waals surface area contributed by atoms with E-state index in [1.54, 1.807) is 11.7 Å². The van der Waals surface area contributed by atoms with Crippen LogP contribution >= 0.6 is 46.9 Å². The molecule has 0 saturated heterocycles. The van der Waals surface area contributed by atoms with Crippen LogP contribution in [0.3, 0.4) is 0 Å². The van der Waals surface area contributed by atoms with Crippen LogP contribution < -0.4 is 10.3 Å². The number of fused-ring (bicyclic) bond motifs is 1. The first-order valence-corrected chi connectivity index (χ1v) is 13.8. The molecule has 5 rings (SSSR count). The summed E-state index contributed by atoms with van der Waals surface area (Å²) in [6, 6.07) is 25.4. The van der Waals surface area contributed by atoms with Gasteiger partial charge in [-0.05, 0) is 54.0 Å². The number of aromatic nitrogens is 3. The lowest BCUT2D eigenvalue weighted by Crippen LogP contribution is -2.22. The summed E-state index contributed by atoms with van der Waals surface area (Å²) in [5.74, 6) is 1.22. The Morgan fingerprint density at radius 1 is 1.00 bits per heavy atom. The van der Waals surface area contributed by atoms with E-state index in [0.29, 0.717) is 48.2 Å². The molecular weight excluding hydrogens is 530 g/mol. The molecule has 2 heterocycles. The summed E-state index contributed by atoms with van der Waals surface area (Å²) in [4.78, 5) is 18.9. The normalized spacial score (nSPS) is 11.2. The lowest BCUT2D eigenvalue weighted by Gasteiger charge is -2.15. The molecule has 5 nitrogen and oxygen atoms in total. The Hall–Kier alpha value is -2.91. The van der Waals surface area contributed by atoms with Gasteiger partial charge in [0.25, 0.3) is 5.56 Å². The second kappa shape index (κ2) is 11.0. The summed E-state index contributed by atoms with van der Waals surface area (Å²) in [6.45, 7) is 0.648. The molecule has 0 bridgehead atoms. The lowest BCUT2D eigenvalue weighted by molar-refractivity contribution is 0.411. The molecule has 0 saturated carbocycles. The van der Waals surface area contributed by atoms with Crippen molar-refractivity contribution >= 4 is 57.3 Å². The second-order valence-electron chi connectivity index (χ2n) is 8.03. The van der Waals surface area contributed by atoms with E-state index in [1.807, 2.05) is 71.3 Å². The fraction of sp³-hybridized carbons (Fsp3) is 0.148. The number of hydrogen-bond donors (Lipinski definition) is 0. The van der Waals surface area contributed by atoms with E-state index in [-0.39, 0.29) is 5.56 Å². The second-order valence-corrected chi connectivity index (χ2v) is 11.1. The predicted octanol–water partition coefficient (Wildman–Crippen LogP) is 7.18. The van der Waals surface area contributed by atoms with Crippen molar-refractivity contribution in [1.82, 2.24) is 14.1 Å². The largest absolute Gasteiger partial charge is 0.495 e. The van der Waals surface area contributed by atoms with Crippen LogP contribution in [0.4, 0.5) is 0 Å². The highest BCUT2D eigenvalue weighted by Gasteiger charge is 2.20. The summed E-state index contributed by atoms with van der Waals surface area (Å²) in [7, 11) is 1.60. The van der Waals surface area contributed by atoms with Gasteiger partial charge in [0.15, 0.2) is 14.8 Å². The molecule has 0 spiro atoms. The van der Waals surface area contributed by atoms with E-state index in [4.69, 9.17) is 33.5 Å². The van der Waals surface area contributed by atoms with Crippen molar-refractivity contribution in [2.45, 2.75) is 23.9 Å². The van der Waals surface area contributed by atoms with Gasteiger partial charge >= 0.3 is 0 Å². The number of para-hydroxylation sites is 2. The SMILES string of the molecule is COc1ccccc1-n1c(SCc2ccc(Cl)cc2)nc2c(sc(=S)n2CCc2ccccc2)c1=O. The zero-order chi connectivity index (χ0) is 25.1. The maximum absolute atomic E-state index is 13.9. The average molecular weight is 552 g/mol. The summed E-state index contributed by atoms with van der Waals surface area (Å²) in [5, 5.41) is 1.26. The summed E-state index contributed by atoms with van der Waals surface area (Å²) >= 11 is 14.5. The van der Waals surface area contributed by atoms with E-state index < -0.39 is 0 Å². The van der Waals surface area contributed by atoms with Crippen LogP contribution in [0.25, 0.3) is 16.0 Å². The van der Waals surface area contributed by atoms with Crippen molar-refractivity contribution in [2.24, 2.45) is 0 Å². The van der Waals surface area contributed by atoms with E-state index in [0.717, 1.165) is 12.0 Å². The minimum absolute atomic E-state index is 0.155. The fourth-order valence-electron chi connectivity index (χ4n) is 3.91. The molecule has 3 aromatic carbocycles. The van der Waals surface area contributed by atoms with Gasteiger partial charge in [0.1, 0.15) is 10.4 Å². The molecule has 0 radical (unpaired) electrons. The quantitative estimate of drug-likeness (QED) is 0.116. The Kier molecular flexibility index (Phi) is 7.57. The highest BCUT2D eigenvalue weighted by Crippen LogP contribution is 2.30. The minimum Gasteiger partial charge on any atom is -0.495 e. The third-order valence-electron chi connectivity index (χ3n) is 5.73. The Bertz CT molecular complexity index is 1630. The van der Waals surface area contributed by atoms with Gasteiger partial charge in [-0.1, -0.05) is 89.3 Å². The summed E-state index contributed by atoms with van der Waals surface area (Å²) in [6.07, 6.45) is 0.797. The fourth-order valence-corrected chi connectivity index (χ4v) is 6.30. The number of rotatable bonds is 8. The number of hydrogen-bond acceptors (Lipinski definition) is 6. The monoisotopic (exact) mass is 551 g/mol. The Balaban J connectivity index is 1.62. The first-order valence-electron chi connectivity index (χ1n) is 11.3. The van der Waals surface area contributed by atoms with Gasteiger partial charge in [0, 0.05) is 17.3 Å². The number of aryl methyl sites for hydroxylation is 2. The van der Waals surface area contributed by atoms with Gasteiger partial charge in [0.05, 0.1) is 12.8 Å². The molecule has 0 amide bonds. The lowest BCUT2D eigenvalue weighted by atomic mass is 10.1. The standard InChI is InChI=1S/C27H22ClN3O2S3/c1-33-22-10-6-5-9-21(22)31-25(32)23-24(29-26(31)35-17-19-11-13-20(28)14-12-19)30(27(34)36-23)16-15-18-7-3-2-4-8-18/h2-14H,15-17H2,1H3. The van der Waals surface area contributed by atoms with Crippen LogP contribution in [0.2, 0.25) is 5.02 Å². The maximum Gasteiger partial charge on any atom is 0.278 e. The molecule has 0 aliphatic heterocycles. The van der Waals surface area contributed by atoms with Crippen LogP contribution in [-0.4, -0.2) is 21.2 Å². The van der Waals surface area contributed by atoms with Crippen molar-refractivity contribution in [3.63, 3.8) is 0 Å². The molecule has 0 N–H and O–H groups in total. The molecule has 9 heteroatoms. The highest BCUT2D eigenvalue weighted by molar-refractivity contribution is 7.98. The van der Waals surface area contributed by atoms with Crippen LogP contribution in [0.5, 0.6) is 5.75 Å². The number of thiazole rings is 1. The number of methoxy groups -OCH3 is 1. The zero-order valence-corrected chi connectivity index (χ0v) is 22.6. The third-order valence-corrected chi connectivity index (χ3v) is 8.42. The van der Waals surface area contributed by atoms with E-state index in [1.165, 1.54) is 28.7 Å². The number of nitrogens with zero attached hydrogens (tertiary/aromatic N) is 3. The Labute approximate surface area is 227 Å². The number of halogens is 1. The average Bonchev–Trinajstić information content (AvgIpc) is 3.23. The molecule has 0 unspecified atom stereocenters. The van der Waals surface area contributed by atoms with Crippen molar-refractivity contribution in [3.05, 3.63) is 109 Å². The van der Waals surface area contributed by atoms with E-state index in [9.17, 15) is 4.79 Å². The van der Waals surface area contributed by atoms with Gasteiger partial charge in [0.2, 0.25) is 0 Å². The van der Waals surface area contributed by atoms with Gasteiger partial charge < -0.3 is 9.30 Å². The predicted molar refractivity (Wildman–Crippen MR) is 152 cm³/mol. The van der Waals surface area contributed by atoms with Gasteiger partial charge in [-0.15, -0.1) is 0 Å². The zero-order valence-electron chi connectivity index (χ0n) is 19.4. The molecule has 2 aromatic heterocycles. The molecule has 0 fully saturated rings. The first kappa shape index (κ1) is 24.8. The van der Waals surface area contributed by atoms with Crippen LogP contribution in [0, 0.1) is 3.95 Å². The van der Waals surface area contributed by atoms with Crippen LogP contribution in [0.15, 0.2) is 88.8 Å². The molecule has 0 aliphatic rings. The Morgan fingerprint density at radius 2 is 1.72 bits per heavy atom. The molecule has 0 atom stereocenters. The van der Waals surface area contributed by atoms with E-state index >= 15 is 0 Å². The number of thioether (sulfide) groups is 1. The summed E-state index contributed by atoms with van der Waals surface area (Å²) < 4.78 is 10.4.